The Balaban J connectivity index is 2.88. The second kappa shape index (κ2) is 5.43. The van der Waals surface area contributed by atoms with Crippen molar-refractivity contribution in [3.05, 3.63) is 29.6 Å². The third-order valence-electron chi connectivity index (χ3n) is 2.28. The van der Waals surface area contributed by atoms with Gasteiger partial charge in [0.2, 0.25) is 0 Å². The second-order valence-electron chi connectivity index (χ2n) is 3.52. The molecule has 0 unspecified atom stereocenters. The van der Waals surface area contributed by atoms with Gasteiger partial charge in [-0.15, -0.1) is 0 Å². The zero-order valence-corrected chi connectivity index (χ0v) is 9.99. The van der Waals surface area contributed by atoms with Gasteiger partial charge in [-0.3, -0.25) is 4.79 Å². The van der Waals surface area contributed by atoms with Gasteiger partial charge in [0.15, 0.2) is 0 Å². The highest BCUT2D eigenvalue weighted by Gasteiger charge is 2.21. The second-order valence-corrected chi connectivity index (χ2v) is 3.52. The van der Waals surface area contributed by atoms with Crippen LogP contribution in [-0.2, 0) is 14.3 Å². The summed E-state index contributed by atoms with van der Waals surface area (Å²) in [4.78, 5) is 23.9. The Bertz CT molecular complexity index is 445. The molecule has 4 nitrogen and oxygen atoms in total. The maximum atomic E-state index is 13.0. The molecule has 0 atom stereocenters. The van der Waals surface area contributed by atoms with Gasteiger partial charge in [-0.25, -0.2) is 9.18 Å². The highest BCUT2D eigenvalue weighted by Crippen LogP contribution is 2.17. The van der Waals surface area contributed by atoms with E-state index in [0.29, 0.717) is 11.3 Å². The minimum absolute atomic E-state index is 0.140. The predicted molar refractivity (Wildman–Crippen MR) is 61.2 cm³/mol. The van der Waals surface area contributed by atoms with E-state index in [1.165, 1.54) is 25.2 Å². The number of anilines is 1. The Hall–Kier alpha value is -1.91. The molecule has 0 heterocycles. The van der Waals surface area contributed by atoms with Crippen LogP contribution in [0.15, 0.2) is 18.2 Å². The van der Waals surface area contributed by atoms with E-state index in [1.54, 1.807) is 13.8 Å². The predicted octanol–water partition coefficient (Wildman–Crippen LogP) is 1.66. The molecule has 0 saturated heterocycles. The SMILES string of the molecule is CCOC(=O)C(=O)N(C)c1ccc(F)c(C)c1. The van der Waals surface area contributed by atoms with Crippen molar-refractivity contribution in [3.8, 4) is 0 Å². The molecule has 92 valence electrons. The maximum absolute atomic E-state index is 13.0. The Kier molecular flexibility index (Phi) is 4.20. The Morgan fingerprint density at radius 2 is 2.06 bits per heavy atom. The molecule has 0 aliphatic rings. The summed E-state index contributed by atoms with van der Waals surface area (Å²) >= 11 is 0. The van der Waals surface area contributed by atoms with Crippen LogP contribution >= 0.6 is 0 Å². The van der Waals surface area contributed by atoms with Gasteiger partial charge in [0, 0.05) is 12.7 Å². The van der Waals surface area contributed by atoms with Crippen LogP contribution in [0.5, 0.6) is 0 Å². The number of carbonyl (C=O) groups is 2. The van der Waals surface area contributed by atoms with E-state index in [0.717, 1.165) is 4.90 Å². The summed E-state index contributed by atoms with van der Waals surface area (Å²) in [5, 5.41) is 0. The van der Waals surface area contributed by atoms with E-state index < -0.39 is 11.9 Å². The first kappa shape index (κ1) is 13.2. The Labute approximate surface area is 99.0 Å². The minimum Gasteiger partial charge on any atom is -0.459 e. The normalized spacial score (nSPS) is 9.88. The van der Waals surface area contributed by atoms with Crippen molar-refractivity contribution in [2.45, 2.75) is 13.8 Å². The van der Waals surface area contributed by atoms with Gasteiger partial charge in [-0.2, -0.15) is 0 Å². The maximum Gasteiger partial charge on any atom is 0.397 e. The summed E-state index contributed by atoms with van der Waals surface area (Å²) in [5.41, 5.74) is 0.855. The zero-order valence-electron chi connectivity index (χ0n) is 9.99. The fourth-order valence-corrected chi connectivity index (χ4v) is 1.28. The first-order chi connectivity index (χ1) is 7.97. The fraction of sp³-hybridized carbons (Fsp3) is 0.333. The number of benzene rings is 1. The van der Waals surface area contributed by atoms with E-state index in [2.05, 4.69) is 4.74 Å². The Morgan fingerprint density at radius 1 is 1.41 bits per heavy atom. The number of amides is 1. The number of aryl methyl sites for hydroxylation is 1. The van der Waals surface area contributed by atoms with Crippen LogP contribution in [0.1, 0.15) is 12.5 Å². The number of nitrogens with zero attached hydrogens (tertiary/aromatic N) is 1. The molecule has 0 saturated carbocycles. The Morgan fingerprint density at radius 3 is 2.59 bits per heavy atom. The number of ether oxygens (including phenoxy) is 1. The minimum atomic E-state index is -0.919. The van der Waals surface area contributed by atoms with E-state index in [4.69, 9.17) is 0 Å². The van der Waals surface area contributed by atoms with Gasteiger partial charge in [0.05, 0.1) is 6.61 Å². The fourth-order valence-electron chi connectivity index (χ4n) is 1.28. The summed E-state index contributed by atoms with van der Waals surface area (Å²) in [7, 11) is 1.44. The van der Waals surface area contributed by atoms with Crippen molar-refractivity contribution < 1.29 is 18.7 Å². The van der Waals surface area contributed by atoms with Crippen LogP contribution in [0.3, 0.4) is 0 Å². The third-order valence-corrected chi connectivity index (χ3v) is 2.28. The van der Waals surface area contributed by atoms with E-state index in [9.17, 15) is 14.0 Å². The lowest BCUT2D eigenvalue weighted by Gasteiger charge is -2.16. The van der Waals surface area contributed by atoms with Gasteiger partial charge >= 0.3 is 11.9 Å². The van der Waals surface area contributed by atoms with Crippen LogP contribution in [-0.4, -0.2) is 25.5 Å². The first-order valence-corrected chi connectivity index (χ1v) is 5.18. The molecular formula is C12H14FNO3. The summed E-state index contributed by atoms with van der Waals surface area (Å²) in [6.07, 6.45) is 0. The average Bonchev–Trinajstić information content (AvgIpc) is 2.31. The van der Waals surface area contributed by atoms with Crippen LogP contribution in [0.4, 0.5) is 10.1 Å². The lowest BCUT2D eigenvalue weighted by Crippen LogP contribution is -2.34. The van der Waals surface area contributed by atoms with E-state index in [1.807, 2.05) is 0 Å². The summed E-state index contributed by atoms with van der Waals surface area (Å²) in [6.45, 7) is 3.34. The summed E-state index contributed by atoms with van der Waals surface area (Å²) < 4.78 is 17.6. The molecule has 1 amide bonds. The summed E-state index contributed by atoms with van der Waals surface area (Å²) in [5.74, 6) is -2.06. The molecule has 0 aromatic heterocycles. The lowest BCUT2D eigenvalue weighted by atomic mass is 10.2. The van der Waals surface area contributed by atoms with Crippen molar-refractivity contribution >= 4 is 17.6 Å². The third kappa shape index (κ3) is 3.03. The quantitative estimate of drug-likeness (QED) is 0.582. The topological polar surface area (TPSA) is 46.6 Å². The van der Waals surface area contributed by atoms with E-state index >= 15 is 0 Å². The molecule has 1 aromatic carbocycles. The molecule has 0 fully saturated rings. The van der Waals surface area contributed by atoms with Crippen LogP contribution < -0.4 is 4.90 Å². The highest BCUT2D eigenvalue weighted by atomic mass is 19.1. The van der Waals surface area contributed by atoms with Crippen molar-refractivity contribution in [1.29, 1.82) is 0 Å². The number of rotatable bonds is 2. The van der Waals surface area contributed by atoms with Gasteiger partial charge in [-0.05, 0) is 37.6 Å². The van der Waals surface area contributed by atoms with Crippen molar-refractivity contribution in [2.24, 2.45) is 0 Å². The molecule has 0 aliphatic heterocycles. The van der Waals surface area contributed by atoms with Crippen molar-refractivity contribution in [1.82, 2.24) is 0 Å². The number of likely N-dealkylation sites (N-methyl/N-ethyl adjacent to an activating group) is 1. The van der Waals surface area contributed by atoms with Gasteiger partial charge < -0.3 is 9.64 Å². The molecule has 5 heteroatoms. The molecule has 0 radical (unpaired) electrons. The summed E-state index contributed by atoms with van der Waals surface area (Å²) in [6, 6.07) is 4.17. The number of halogens is 1. The lowest BCUT2D eigenvalue weighted by molar-refractivity contribution is -0.153. The molecule has 17 heavy (non-hydrogen) atoms. The number of hydrogen-bond acceptors (Lipinski definition) is 3. The molecule has 0 bridgehead atoms. The van der Waals surface area contributed by atoms with Crippen molar-refractivity contribution in [2.75, 3.05) is 18.6 Å². The zero-order chi connectivity index (χ0) is 13.0. The molecule has 0 aliphatic carbocycles. The van der Waals surface area contributed by atoms with Gasteiger partial charge in [0.25, 0.3) is 0 Å². The standard InChI is InChI=1S/C12H14FNO3/c1-4-17-12(16)11(15)14(3)9-5-6-10(13)8(2)7-9/h5-7H,4H2,1-3H3. The number of esters is 1. The highest BCUT2D eigenvalue weighted by molar-refractivity contribution is 6.37. The van der Waals surface area contributed by atoms with Crippen LogP contribution in [0, 0.1) is 12.7 Å². The first-order valence-electron chi connectivity index (χ1n) is 5.18. The number of carbonyl (C=O) groups excluding carboxylic acids is 2. The van der Waals surface area contributed by atoms with Gasteiger partial charge in [0.1, 0.15) is 5.82 Å². The average molecular weight is 239 g/mol. The van der Waals surface area contributed by atoms with Crippen molar-refractivity contribution in [3.63, 3.8) is 0 Å². The molecular weight excluding hydrogens is 225 g/mol. The van der Waals surface area contributed by atoms with E-state index in [-0.39, 0.29) is 12.4 Å². The molecule has 0 spiro atoms. The van der Waals surface area contributed by atoms with Gasteiger partial charge in [-0.1, -0.05) is 0 Å². The van der Waals surface area contributed by atoms with Crippen LogP contribution in [0.25, 0.3) is 0 Å². The largest absolute Gasteiger partial charge is 0.459 e. The number of hydrogen-bond donors (Lipinski definition) is 0. The molecule has 0 N–H and O–H groups in total. The molecule has 1 rings (SSSR count). The smallest absolute Gasteiger partial charge is 0.397 e. The van der Waals surface area contributed by atoms with Crippen LogP contribution in [0.2, 0.25) is 0 Å². The molecule has 1 aromatic rings. The monoisotopic (exact) mass is 239 g/mol.